The van der Waals surface area contributed by atoms with Crippen molar-refractivity contribution in [2.24, 2.45) is 0 Å². The molecule has 0 spiro atoms. The highest BCUT2D eigenvalue weighted by Gasteiger charge is 2.08. The summed E-state index contributed by atoms with van der Waals surface area (Å²) in [4.78, 5) is 11.9. The van der Waals surface area contributed by atoms with E-state index in [1.807, 2.05) is 18.2 Å². The summed E-state index contributed by atoms with van der Waals surface area (Å²) in [5.74, 6) is 0.0393. The molecular weight excluding hydrogens is 292 g/mol. The predicted molar refractivity (Wildman–Crippen MR) is 67.5 cm³/mol. The number of aliphatic hydroxyl groups excluding tert-OH is 1. The Labute approximate surface area is 107 Å². The van der Waals surface area contributed by atoms with E-state index in [1.165, 1.54) is 18.9 Å². The van der Waals surface area contributed by atoms with Crippen LogP contribution in [0.4, 0.5) is 0 Å². The maximum Gasteiger partial charge on any atom is 0.315 e. The molecule has 0 aromatic heterocycles. The molecule has 1 aromatic carbocycles. The van der Waals surface area contributed by atoms with E-state index in [9.17, 15) is 9.90 Å². The van der Waals surface area contributed by atoms with Crippen LogP contribution in [0.1, 0.15) is 18.6 Å². The molecule has 1 rings (SSSR count). The zero-order chi connectivity index (χ0) is 12.1. The summed E-state index contributed by atoms with van der Waals surface area (Å²) in [5, 5.41) is 9.44. The van der Waals surface area contributed by atoms with Crippen molar-refractivity contribution < 1.29 is 14.6 Å². The van der Waals surface area contributed by atoms with Gasteiger partial charge in [0, 0.05) is 9.37 Å². The second-order valence-electron chi connectivity index (χ2n) is 3.22. The Balaban J connectivity index is 2.70. The van der Waals surface area contributed by atoms with Crippen molar-refractivity contribution in [2.45, 2.75) is 17.9 Å². The molecule has 88 valence electrons. The number of esters is 1. The molecule has 5 heteroatoms. The molecule has 0 amide bonds. The summed E-state index contributed by atoms with van der Waals surface area (Å²) >= 11 is 4.78. The van der Waals surface area contributed by atoms with E-state index in [4.69, 9.17) is 0 Å². The number of halogens is 1. The molecule has 0 unspecified atom stereocenters. The number of carbonyl (C=O) groups is 1. The normalized spacial score (nSPS) is 12.2. The van der Waals surface area contributed by atoms with Crippen molar-refractivity contribution in [3.05, 3.63) is 28.2 Å². The maximum absolute atomic E-state index is 11.0. The molecular formula is C11H13BrO3S. The Morgan fingerprint density at radius 3 is 2.81 bits per heavy atom. The average Bonchev–Trinajstić information content (AvgIpc) is 2.25. The molecule has 0 saturated carbocycles. The van der Waals surface area contributed by atoms with E-state index in [2.05, 4.69) is 20.7 Å². The molecule has 0 radical (unpaired) electrons. The molecule has 1 N–H and O–H groups in total. The minimum absolute atomic E-state index is 0.249. The number of benzene rings is 1. The van der Waals surface area contributed by atoms with E-state index in [1.54, 1.807) is 6.92 Å². The number of ether oxygens (including phenoxy) is 1. The van der Waals surface area contributed by atoms with Gasteiger partial charge in [-0.2, -0.15) is 0 Å². The smallest absolute Gasteiger partial charge is 0.315 e. The van der Waals surface area contributed by atoms with E-state index >= 15 is 0 Å². The highest BCUT2D eigenvalue weighted by Crippen LogP contribution is 2.28. The molecule has 3 nitrogen and oxygen atoms in total. The molecule has 0 saturated heterocycles. The molecule has 1 atom stereocenters. The lowest BCUT2D eigenvalue weighted by Crippen LogP contribution is -2.02. The first-order valence-corrected chi connectivity index (χ1v) is 6.49. The Morgan fingerprint density at radius 2 is 2.31 bits per heavy atom. The van der Waals surface area contributed by atoms with Gasteiger partial charge >= 0.3 is 5.97 Å². The first-order chi connectivity index (χ1) is 7.54. The predicted octanol–water partition coefficient (Wildman–Crippen LogP) is 2.77. The van der Waals surface area contributed by atoms with Gasteiger partial charge in [-0.05, 0) is 24.6 Å². The van der Waals surface area contributed by atoms with Crippen molar-refractivity contribution in [1.29, 1.82) is 0 Å². The van der Waals surface area contributed by atoms with Gasteiger partial charge in [0.05, 0.1) is 19.0 Å². The van der Waals surface area contributed by atoms with Crippen LogP contribution in [0.5, 0.6) is 0 Å². The van der Waals surface area contributed by atoms with Gasteiger partial charge in [0.2, 0.25) is 0 Å². The van der Waals surface area contributed by atoms with Crippen molar-refractivity contribution >= 4 is 33.7 Å². The molecule has 16 heavy (non-hydrogen) atoms. The summed E-state index contributed by atoms with van der Waals surface area (Å²) in [7, 11) is 1.37. The van der Waals surface area contributed by atoms with Crippen LogP contribution in [0.2, 0.25) is 0 Å². The fourth-order valence-electron chi connectivity index (χ4n) is 1.14. The van der Waals surface area contributed by atoms with Gasteiger partial charge in [-0.25, -0.2) is 0 Å². The number of hydrogen-bond acceptors (Lipinski definition) is 4. The minimum Gasteiger partial charge on any atom is -0.468 e. The van der Waals surface area contributed by atoms with Crippen LogP contribution >= 0.6 is 27.7 Å². The number of aliphatic hydroxyl groups is 1. The molecule has 0 fully saturated rings. The van der Waals surface area contributed by atoms with Gasteiger partial charge in [-0.3, -0.25) is 4.79 Å². The van der Waals surface area contributed by atoms with Crippen molar-refractivity contribution in [1.82, 2.24) is 0 Å². The van der Waals surface area contributed by atoms with Gasteiger partial charge in [0.1, 0.15) is 0 Å². The van der Waals surface area contributed by atoms with Gasteiger partial charge in [0.25, 0.3) is 0 Å². The zero-order valence-electron chi connectivity index (χ0n) is 9.07. The third kappa shape index (κ3) is 3.81. The molecule has 0 aliphatic carbocycles. The highest BCUT2D eigenvalue weighted by atomic mass is 79.9. The van der Waals surface area contributed by atoms with Crippen molar-refractivity contribution in [3.8, 4) is 0 Å². The fraction of sp³-hybridized carbons (Fsp3) is 0.364. The Kier molecular flexibility index (Phi) is 5.31. The van der Waals surface area contributed by atoms with Crippen LogP contribution < -0.4 is 0 Å². The summed E-state index contributed by atoms with van der Waals surface area (Å²) in [6.45, 7) is 1.71. The summed E-state index contributed by atoms with van der Waals surface area (Å²) < 4.78 is 5.40. The molecule has 0 aliphatic rings. The van der Waals surface area contributed by atoms with E-state index < -0.39 is 6.10 Å². The first kappa shape index (κ1) is 13.5. The van der Waals surface area contributed by atoms with Gasteiger partial charge in [-0.1, -0.05) is 22.0 Å². The first-order valence-electron chi connectivity index (χ1n) is 4.71. The SMILES string of the molecule is COC(=O)CSc1ccc([C@H](C)O)c(Br)c1. The highest BCUT2D eigenvalue weighted by molar-refractivity contribution is 9.10. The van der Waals surface area contributed by atoms with Crippen LogP contribution in [0.3, 0.4) is 0 Å². The van der Waals surface area contributed by atoms with Gasteiger partial charge < -0.3 is 9.84 Å². The second-order valence-corrected chi connectivity index (χ2v) is 5.13. The minimum atomic E-state index is -0.506. The quantitative estimate of drug-likeness (QED) is 0.686. The lowest BCUT2D eigenvalue weighted by atomic mass is 10.1. The third-order valence-corrected chi connectivity index (χ3v) is 3.66. The van der Waals surface area contributed by atoms with E-state index in [0.717, 1.165) is 14.9 Å². The molecule has 0 heterocycles. The largest absolute Gasteiger partial charge is 0.468 e. The Hall–Kier alpha value is -0.520. The Bertz CT molecular complexity index is 379. The van der Waals surface area contributed by atoms with E-state index in [-0.39, 0.29) is 11.7 Å². The number of carbonyl (C=O) groups excluding carboxylic acids is 1. The Morgan fingerprint density at radius 1 is 1.62 bits per heavy atom. The second kappa shape index (κ2) is 6.27. The van der Waals surface area contributed by atoms with Crippen LogP contribution in [0.15, 0.2) is 27.6 Å². The van der Waals surface area contributed by atoms with Crippen LogP contribution in [-0.4, -0.2) is 23.9 Å². The molecule has 0 aliphatic heterocycles. The summed E-state index contributed by atoms with van der Waals surface area (Å²) in [6, 6.07) is 5.60. The van der Waals surface area contributed by atoms with Crippen LogP contribution in [-0.2, 0) is 9.53 Å². The zero-order valence-corrected chi connectivity index (χ0v) is 11.5. The van der Waals surface area contributed by atoms with Crippen molar-refractivity contribution in [3.63, 3.8) is 0 Å². The van der Waals surface area contributed by atoms with Crippen molar-refractivity contribution in [2.75, 3.05) is 12.9 Å². The third-order valence-electron chi connectivity index (χ3n) is 2.01. The number of methoxy groups -OCH3 is 1. The summed E-state index contributed by atoms with van der Waals surface area (Å²) in [6.07, 6.45) is -0.506. The standard InChI is InChI=1S/C11H13BrO3S/c1-7(13)9-4-3-8(5-10(9)12)16-6-11(14)15-2/h3-5,7,13H,6H2,1-2H3/t7-/m0/s1. The lowest BCUT2D eigenvalue weighted by Gasteiger charge is -2.09. The topological polar surface area (TPSA) is 46.5 Å². The van der Waals surface area contributed by atoms with Crippen LogP contribution in [0.25, 0.3) is 0 Å². The summed E-state index contributed by atoms with van der Waals surface area (Å²) in [5.41, 5.74) is 0.836. The number of rotatable bonds is 4. The maximum atomic E-state index is 11.0. The lowest BCUT2D eigenvalue weighted by molar-refractivity contribution is -0.137. The fourth-order valence-corrected chi connectivity index (χ4v) is 2.77. The average molecular weight is 305 g/mol. The molecule has 1 aromatic rings. The van der Waals surface area contributed by atoms with E-state index in [0.29, 0.717) is 0 Å². The number of thioether (sulfide) groups is 1. The van der Waals surface area contributed by atoms with Crippen LogP contribution in [0, 0.1) is 0 Å². The molecule has 0 bridgehead atoms. The number of hydrogen-bond donors (Lipinski definition) is 1. The monoisotopic (exact) mass is 304 g/mol. The van der Waals surface area contributed by atoms with Gasteiger partial charge in [-0.15, -0.1) is 11.8 Å². The van der Waals surface area contributed by atoms with Gasteiger partial charge in [0.15, 0.2) is 0 Å².